The molecule has 0 radical (unpaired) electrons. The summed E-state index contributed by atoms with van der Waals surface area (Å²) in [4.78, 5) is 14.7. The van der Waals surface area contributed by atoms with Crippen molar-refractivity contribution in [3.05, 3.63) is 35.9 Å². The molecular formula is C21H28N2O2. The minimum atomic E-state index is 0.119. The number of carbonyl (C=O) groups is 1. The van der Waals surface area contributed by atoms with Crippen molar-refractivity contribution in [1.29, 1.82) is 0 Å². The number of rotatable bonds is 7. The molecule has 1 aromatic carbocycles. The standard InChI is InChI=1S/C21H28N2O2/c1-25-19-4-2-3-18(11-19)23-10-9-15(14-23)13-22-21(24)12-20(16-5-6-16)17-7-8-17/h2-4,11-12,15-17H,5-10,13-14H2,1H3,(H,22,24)/t15-/m0/s1. The first-order valence-corrected chi connectivity index (χ1v) is 9.61. The largest absolute Gasteiger partial charge is 0.497 e. The lowest BCUT2D eigenvalue weighted by atomic mass is 10.1. The number of allylic oxidation sites excluding steroid dienone is 1. The average Bonchev–Trinajstić information content (AvgIpc) is 3.56. The van der Waals surface area contributed by atoms with Gasteiger partial charge in [0, 0.05) is 37.5 Å². The predicted octanol–water partition coefficient (Wildman–Crippen LogP) is 3.38. The third-order valence-electron chi connectivity index (χ3n) is 5.66. The number of methoxy groups -OCH3 is 1. The number of amides is 1. The quantitative estimate of drug-likeness (QED) is 0.774. The van der Waals surface area contributed by atoms with Gasteiger partial charge in [0.2, 0.25) is 5.91 Å². The number of carbonyl (C=O) groups excluding carboxylic acids is 1. The molecule has 1 atom stereocenters. The number of nitrogens with zero attached hydrogens (tertiary/aromatic N) is 1. The number of hydrogen-bond donors (Lipinski definition) is 1. The molecule has 4 heteroatoms. The van der Waals surface area contributed by atoms with Crippen molar-refractivity contribution in [1.82, 2.24) is 5.32 Å². The van der Waals surface area contributed by atoms with E-state index in [9.17, 15) is 4.79 Å². The van der Waals surface area contributed by atoms with E-state index in [0.29, 0.717) is 17.8 Å². The van der Waals surface area contributed by atoms with Crippen LogP contribution in [-0.2, 0) is 4.79 Å². The Morgan fingerprint density at radius 2 is 2.00 bits per heavy atom. The summed E-state index contributed by atoms with van der Waals surface area (Å²) in [5.74, 6) is 2.97. The first-order chi connectivity index (χ1) is 12.2. The second-order valence-corrected chi connectivity index (χ2v) is 7.74. The topological polar surface area (TPSA) is 41.6 Å². The number of ether oxygens (including phenoxy) is 1. The summed E-state index contributed by atoms with van der Waals surface area (Å²) in [6, 6.07) is 8.22. The van der Waals surface area contributed by atoms with Crippen LogP contribution in [0.25, 0.3) is 0 Å². The van der Waals surface area contributed by atoms with Gasteiger partial charge < -0.3 is 15.0 Å². The fourth-order valence-electron chi connectivity index (χ4n) is 3.89. The molecule has 1 amide bonds. The van der Waals surface area contributed by atoms with Crippen LogP contribution in [0, 0.1) is 17.8 Å². The van der Waals surface area contributed by atoms with Crippen LogP contribution in [0.1, 0.15) is 32.1 Å². The van der Waals surface area contributed by atoms with Gasteiger partial charge in [0.1, 0.15) is 5.75 Å². The molecule has 1 N–H and O–H groups in total. The highest BCUT2D eigenvalue weighted by Crippen LogP contribution is 2.48. The van der Waals surface area contributed by atoms with Gasteiger partial charge in [0.05, 0.1) is 7.11 Å². The molecule has 2 saturated carbocycles. The summed E-state index contributed by atoms with van der Waals surface area (Å²) in [6.07, 6.45) is 8.19. The molecule has 2 aliphatic carbocycles. The van der Waals surface area contributed by atoms with Crippen molar-refractivity contribution in [2.24, 2.45) is 17.8 Å². The Balaban J connectivity index is 1.28. The zero-order valence-corrected chi connectivity index (χ0v) is 15.0. The minimum Gasteiger partial charge on any atom is -0.497 e. The number of nitrogens with one attached hydrogen (secondary N) is 1. The Kier molecular flexibility index (Phi) is 4.69. The van der Waals surface area contributed by atoms with Crippen molar-refractivity contribution in [2.45, 2.75) is 32.1 Å². The van der Waals surface area contributed by atoms with E-state index in [2.05, 4.69) is 22.3 Å². The van der Waals surface area contributed by atoms with Gasteiger partial charge in [0.15, 0.2) is 0 Å². The van der Waals surface area contributed by atoms with E-state index in [1.165, 1.54) is 36.9 Å². The number of benzene rings is 1. The Labute approximate surface area is 150 Å². The minimum absolute atomic E-state index is 0.119. The molecule has 4 nitrogen and oxygen atoms in total. The van der Waals surface area contributed by atoms with E-state index in [4.69, 9.17) is 4.74 Å². The summed E-state index contributed by atoms with van der Waals surface area (Å²) in [5.41, 5.74) is 2.64. The highest BCUT2D eigenvalue weighted by Gasteiger charge is 2.36. The molecule has 134 valence electrons. The molecule has 0 spiro atoms. The fraction of sp³-hybridized carbons (Fsp3) is 0.571. The maximum atomic E-state index is 12.3. The molecule has 1 aliphatic heterocycles. The molecule has 4 rings (SSSR count). The first kappa shape index (κ1) is 16.5. The number of anilines is 1. The summed E-state index contributed by atoms with van der Waals surface area (Å²) >= 11 is 0. The summed E-state index contributed by atoms with van der Waals surface area (Å²) in [7, 11) is 1.70. The maximum Gasteiger partial charge on any atom is 0.243 e. The SMILES string of the molecule is COc1cccc(N2CC[C@@H](CNC(=O)C=C(C3CC3)C3CC3)C2)c1. The van der Waals surface area contributed by atoms with Crippen LogP contribution >= 0.6 is 0 Å². The Morgan fingerprint density at radius 1 is 1.24 bits per heavy atom. The van der Waals surface area contributed by atoms with Crippen LogP contribution in [-0.4, -0.2) is 32.7 Å². The smallest absolute Gasteiger partial charge is 0.243 e. The van der Waals surface area contributed by atoms with Crippen LogP contribution in [0.3, 0.4) is 0 Å². The van der Waals surface area contributed by atoms with Crippen molar-refractivity contribution >= 4 is 11.6 Å². The summed E-state index contributed by atoms with van der Waals surface area (Å²) in [6.45, 7) is 2.81. The summed E-state index contributed by atoms with van der Waals surface area (Å²) < 4.78 is 5.32. The zero-order valence-electron chi connectivity index (χ0n) is 15.0. The zero-order chi connectivity index (χ0) is 17.2. The first-order valence-electron chi connectivity index (χ1n) is 9.61. The Morgan fingerprint density at radius 3 is 2.68 bits per heavy atom. The van der Waals surface area contributed by atoms with Crippen molar-refractivity contribution in [3.8, 4) is 5.75 Å². The van der Waals surface area contributed by atoms with Crippen molar-refractivity contribution < 1.29 is 9.53 Å². The lowest BCUT2D eigenvalue weighted by Gasteiger charge is -2.19. The van der Waals surface area contributed by atoms with Gasteiger partial charge in [-0.2, -0.15) is 0 Å². The Bertz CT molecular complexity index is 648. The van der Waals surface area contributed by atoms with Gasteiger partial charge in [-0.05, 0) is 62.0 Å². The van der Waals surface area contributed by atoms with E-state index in [1.54, 1.807) is 7.11 Å². The second kappa shape index (κ2) is 7.11. The average molecular weight is 340 g/mol. The fourth-order valence-corrected chi connectivity index (χ4v) is 3.89. The Hall–Kier alpha value is -1.97. The highest BCUT2D eigenvalue weighted by molar-refractivity contribution is 5.88. The van der Waals surface area contributed by atoms with Crippen LogP contribution in [0.4, 0.5) is 5.69 Å². The molecule has 1 saturated heterocycles. The monoisotopic (exact) mass is 340 g/mol. The molecule has 1 heterocycles. The third-order valence-corrected chi connectivity index (χ3v) is 5.66. The number of hydrogen-bond acceptors (Lipinski definition) is 3. The summed E-state index contributed by atoms with van der Waals surface area (Å²) in [5, 5.41) is 3.15. The molecular weight excluding hydrogens is 312 g/mol. The van der Waals surface area contributed by atoms with Gasteiger partial charge in [-0.25, -0.2) is 0 Å². The lowest BCUT2D eigenvalue weighted by Crippen LogP contribution is -2.30. The molecule has 0 unspecified atom stereocenters. The predicted molar refractivity (Wildman–Crippen MR) is 99.9 cm³/mol. The van der Waals surface area contributed by atoms with Gasteiger partial charge in [-0.1, -0.05) is 11.6 Å². The van der Waals surface area contributed by atoms with E-state index in [1.807, 2.05) is 18.2 Å². The van der Waals surface area contributed by atoms with E-state index in [0.717, 1.165) is 31.8 Å². The van der Waals surface area contributed by atoms with E-state index in [-0.39, 0.29) is 5.91 Å². The van der Waals surface area contributed by atoms with Crippen LogP contribution in [0.5, 0.6) is 5.75 Å². The van der Waals surface area contributed by atoms with Crippen LogP contribution in [0.2, 0.25) is 0 Å². The van der Waals surface area contributed by atoms with Crippen LogP contribution < -0.4 is 15.0 Å². The van der Waals surface area contributed by atoms with Gasteiger partial charge in [0.25, 0.3) is 0 Å². The van der Waals surface area contributed by atoms with Gasteiger partial charge >= 0.3 is 0 Å². The van der Waals surface area contributed by atoms with Crippen molar-refractivity contribution in [2.75, 3.05) is 31.6 Å². The molecule has 25 heavy (non-hydrogen) atoms. The molecule has 3 aliphatic rings. The molecule has 1 aromatic rings. The molecule has 0 bridgehead atoms. The highest BCUT2D eigenvalue weighted by atomic mass is 16.5. The maximum absolute atomic E-state index is 12.3. The normalized spacial score (nSPS) is 22.6. The molecule has 0 aromatic heterocycles. The lowest BCUT2D eigenvalue weighted by molar-refractivity contribution is -0.116. The second-order valence-electron chi connectivity index (χ2n) is 7.74. The third kappa shape index (κ3) is 4.17. The molecule has 3 fully saturated rings. The van der Waals surface area contributed by atoms with Gasteiger partial charge in [-0.15, -0.1) is 0 Å². The van der Waals surface area contributed by atoms with E-state index < -0.39 is 0 Å². The van der Waals surface area contributed by atoms with Crippen molar-refractivity contribution in [3.63, 3.8) is 0 Å². The van der Waals surface area contributed by atoms with Gasteiger partial charge in [-0.3, -0.25) is 4.79 Å². The van der Waals surface area contributed by atoms with E-state index >= 15 is 0 Å². The van der Waals surface area contributed by atoms with Crippen LogP contribution in [0.15, 0.2) is 35.9 Å².